The van der Waals surface area contributed by atoms with Gasteiger partial charge >= 0.3 is 11.9 Å². The highest BCUT2D eigenvalue weighted by atomic mass is 16.7. The second-order valence-electron chi connectivity index (χ2n) is 15.1. The van der Waals surface area contributed by atoms with E-state index in [2.05, 4.69) is 26.3 Å². The summed E-state index contributed by atoms with van der Waals surface area (Å²) in [5.41, 5.74) is 1.62. The number of aliphatic hydroxyl groups is 2. The molecule has 4 N–H and O–H groups in total. The highest BCUT2D eigenvalue weighted by Gasteiger charge is 2.65. The number of amides is 1. The van der Waals surface area contributed by atoms with E-state index in [0.29, 0.717) is 19.3 Å². The summed E-state index contributed by atoms with van der Waals surface area (Å²) < 4.78 is 5.53. The van der Waals surface area contributed by atoms with Crippen molar-refractivity contribution >= 4 is 17.8 Å². The number of carboxylic acids is 1. The van der Waals surface area contributed by atoms with E-state index < -0.39 is 29.7 Å². The molecular formula is C32H53NO8. The number of esters is 1. The van der Waals surface area contributed by atoms with E-state index in [1.807, 2.05) is 20.8 Å². The van der Waals surface area contributed by atoms with Gasteiger partial charge in [0.1, 0.15) is 5.60 Å². The van der Waals surface area contributed by atoms with Gasteiger partial charge < -0.3 is 20.1 Å². The summed E-state index contributed by atoms with van der Waals surface area (Å²) in [5.74, 6) is -0.259. The molecule has 9 nitrogen and oxygen atoms in total. The van der Waals surface area contributed by atoms with Crippen LogP contribution in [-0.2, 0) is 24.0 Å². The maximum absolute atomic E-state index is 12.4. The Balaban J connectivity index is 1.41. The van der Waals surface area contributed by atoms with Gasteiger partial charge in [-0.15, -0.1) is 0 Å². The summed E-state index contributed by atoms with van der Waals surface area (Å²) in [6, 6.07) is 0. The fraction of sp³-hybridized carbons (Fsp3) is 0.906. The van der Waals surface area contributed by atoms with Crippen molar-refractivity contribution in [3.05, 3.63) is 0 Å². The van der Waals surface area contributed by atoms with Crippen LogP contribution < -0.4 is 5.48 Å². The summed E-state index contributed by atoms with van der Waals surface area (Å²) in [6.07, 6.45) is 5.41. The van der Waals surface area contributed by atoms with Gasteiger partial charge in [-0.3, -0.25) is 19.2 Å². The van der Waals surface area contributed by atoms with Crippen LogP contribution in [0.4, 0.5) is 0 Å². The van der Waals surface area contributed by atoms with Crippen LogP contribution in [-0.4, -0.2) is 57.1 Å². The number of carbonyl (C=O) groups is 3. The van der Waals surface area contributed by atoms with Crippen LogP contribution in [0.25, 0.3) is 0 Å². The number of ether oxygens (including phenoxy) is 1. The van der Waals surface area contributed by atoms with E-state index in [1.54, 1.807) is 0 Å². The third kappa shape index (κ3) is 6.62. The largest absolute Gasteiger partial charge is 0.481 e. The predicted octanol–water partition coefficient (Wildman–Crippen LogP) is 4.63. The number of aliphatic hydroxyl groups excluding tert-OH is 2. The Bertz CT molecular complexity index is 979. The van der Waals surface area contributed by atoms with Gasteiger partial charge in [0.15, 0.2) is 0 Å². The van der Waals surface area contributed by atoms with E-state index in [9.17, 15) is 24.6 Å². The van der Waals surface area contributed by atoms with Crippen molar-refractivity contribution in [1.82, 2.24) is 5.48 Å². The first-order chi connectivity index (χ1) is 19.1. The average Bonchev–Trinajstić information content (AvgIpc) is 3.23. The number of carbonyl (C=O) groups excluding carboxylic acids is 2. The van der Waals surface area contributed by atoms with Crippen molar-refractivity contribution in [2.24, 2.45) is 46.3 Å². The molecule has 4 rings (SSSR count). The van der Waals surface area contributed by atoms with Gasteiger partial charge in [0.25, 0.3) is 0 Å². The summed E-state index contributed by atoms with van der Waals surface area (Å²) >= 11 is 0. The first-order valence-electron chi connectivity index (χ1n) is 15.8. The van der Waals surface area contributed by atoms with Gasteiger partial charge in [-0.2, -0.15) is 0 Å². The van der Waals surface area contributed by atoms with E-state index in [1.165, 1.54) is 0 Å². The van der Waals surface area contributed by atoms with Gasteiger partial charge in [-0.1, -0.05) is 20.8 Å². The highest BCUT2D eigenvalue weighted by Crippen LogP contribution is 2.68. The third-order valence-electron chi connectivity index (χ3n) is 11.6. The smallest absolute Gasteiger partial charge is 0.306 e. The van der Waals surface area contributed by atoms with Gasteiger partial charge in [0, 0.05) is 12.8 Å². The highest BCUT2D eigenvalue weighted by molar-refractivity contribution is 5.79. The average molecular weight is 580 g/mol. The Kier molecular flexibility index (Phi) is 9.52. The molecule has 0 aromatic heterocycles. The lowest BCUT2D eigenvalue weighted by Crippen LogP contribution is -2.62. The van der Waals surface area contributed by atoms with Gasteiger partial charge in [0.2, 0.25) is 5.91 Å². The predicted molar refractivity (Wildman–Crippen MR) is 152 cm³/mol. The number of hydroxylamine groups is 1. The van der Waals surface area contributed by atoms with E-state index >= 15 is 0 Å². The molecular weight excluding hydrogens is 526 g/mol. The third-order valence-corrected chi connectivity index (χ3v) is 11.6. The number of rotatable bonds is 9. The fourth-order valence-corrected chi connectivity index (χ4v) is 9.58. The van der Waals surface area contributed by atoms with Crippen LogP contribution >= 0.6 is 0 Å². The van der Waals surface area contributed by atoms with Gasteiger partial charge in [-0.05, 0) is 118 Å². The van der Waals surface area contributed by atoms with Crippen molar-refractivity contribution in [3.8, 4) is 0 Å². The molecule has 4 aliphatic carbocycles. The lowest BCUT2D eigenvalue weighted by Gasteiger charge is -2.63. The molecule has 41 heavy (non-hydrogen) atoms. The van der Waals surface area contributed by atoms with Gasteiger partial charge in [0.05, 0.1) is 24.7 Å². The first-order valence-corrected chi connectivity index (χ1v) is 15.8. The summed E-state index contributed by atoms with van der Waals surface area (Å²) in [5, 5.41) is 32.2. The Morgan fingerprint density at radius 3 is 2.34 bits per heavy atom. The van der Waals surface area contributed by atoms with Crippen LogP contribution in [0.5, 0.6) is 0 Å². The van der Waals surface area contributed by atoms with Crippen LogP contribution in [0.1, 0.15) is 112 Å². The normalized spacial score (nSPS) is 41.0. The second-order valence-corrected chi connectivity index (χ2v) is 15.1. The number of hydrogen-bond acceptors (Lipinski definition) is 7. The maximum Gasteiger partial charge on any atom is 0.306 e. The molecule has 0 radical (unpaired) electrons. The summed E-state index contributed by atoms with van der Waals surface area (Å²) in [6.45, 7) is 12.4. The summed E-state index contributed by atoms with van der Waals surface area (Å²) in [4.78, 5) is 40.8. The number of carboxylic acid groups (broad SMARTS) is 1. The minimum atomic E-state index is -1.02. The van der Waals surface area contributed by atoms with Crippen LogP contribution in [0.3, 0.4) is 0 Å². The fourth-order valence-electron chi connectivity index (χ4n) is 9.58. The molecule has 1 amide bonds. The minimum Gasteiger partial charge on any atom is -0.481 e. The molecule has 0 bridgehead atoms. The molecule has 1 unspecified atom stereocenters. The molecule has 0 aliphatic heterocycles. The van der Waals surface area contributed by atoms with Crippen LogP contribution in [0.15, 0.2) is 0 Å². The molecule has 0 aromatic rings. The molecule has 9 heteroatoms. The van der Waals surface area contributed by atoms with E-state index in [-0.39, 0.29) is 71.3 Å². The molecule has 0 saturated heterocycles. The standard InChI is InChI=1S/C32H53NO8/c1-18(7-12-28(39)40-30(2,3)4)21-8-9-22-29-23(17-25(35)32(21,22)6)31(5)14-13-20(15-19(31)16-24(29)34)41-33-26(36)10-11-27(37)38/h18-25,29,34-35H,7-17H2,1-6H3,(H,33,36)(H,37,38)/t18-,19+,20+,21-,22?,23+,24-,25+,29+,31+,32-/m1/s1. The molecule has 0 spiro atoms. The topological polar surface area (TPSA) is 142 Å². The zero-order valence-corrected chi connectivity index (χ0v) is 25.9. The molecule has 4 fully saturated rings. The number of aliphatic carboxylic acids is 1. The number of nitrogens with one attached hydrogen (secondary N) is 1. The lowest BCUT2D eigenvalue weighted by atomic mass is 9.43. The second kappa shape index (κ2) is 12.1. The van der Waals surface area contributed by atoms with Crippen molar-refractivity contribution in [3.63, 3.8) is 0 Å². The number of fused-ring (bicyclic) bond motifs is 5. The number of hydrogen-bond donors (Lipinski definition) is 4. The van der Waals surface area contributed by atoms with Crippen molar-refractivity contribution in [1.29, 1.82) is 0 Å². The molecule has 11 atom stereocenters. The monoisotopic (exact) mass is 579 g/mol. The zero-order valence-electron chi connectivity index (χ0n) is 25.9. The summed E-state index contributed by atoms with van der Waals surface area (Å²) in [7, 11) is 0. The van der Waals surface area contributed by atoms with Crippen molar-refractivity contribution in [2.75, 3.05) is 0 Å². The van der Waals surface area contributed by atoms with Crippen LogP contribution in [0.2, 0.25) is 0 Å². The minimum absolute atomic E-state index is 0.0280. The van der Waals surface area contributed by atoms with Crippen molar-refractivity contribution < 1.29 is 39.3 Å². The maximum atomic E-state index is 12.4. The zero-order chi connectivity index (χ0) is 30.3. The molecule has 4 aliphatic rings. The Morgan fingerprint density at radius 1 is 0.976 bits per heavy atom. The quantitative estimate of drug-likeness (QED) is 0.229. The van der Waals surface area contributed by atoms with Gasteiger partial charge in [-0.25, -0.2) is 5.48 Å². The molecule has 0 aromatic carbocycles. The van der Waals surface area contributed by atoms with Crippen molar-refractivity contribution in [2.45, 2.75) is 136 Å². The lowest BCUT2D eigenvalue weighted by molar-refractivity contribution is -0.212. The Labute approximate surface area is 245 Å². The SMILES string of the molecule is C[C@H](CCC(=O)OC(C)(C)C)[C@H]1CCC2[C@@H]3[C@H](O)C[C@@H]4C[C@@H](ONC(=O)CCC(=O)O)CC[C@]4(C)[C@H]3C[C@H](O)[C@@]21C. The first kappa shape index (κ1) is 32.2. The van der Waals surface area contributed by atoms with Crippen LogP contribution in [0, 0.1) is 46.3 Å². The molecule has 4 saturated carbocycles. The Hall–Kier alpha value is -1.71. The molecule has 0 heterocycles. The van der Waals surface area contributed by atoms with E-state index in [0.717, 1.165) is 38.5 Å². The Morgan fingerprint density at radius 2 is 1.68 bits per heavy atom. The molecule has 234 valence electrons. The van der Waals surface area contributed by atoms with E-state index in [4.69, 9.17) is 14.7 Å².